The molecule has 1 aliphatic rings. The second-order valence-electron chi connectivity index (χ2n) is 4.77. The van der Waals surface area contributed by atoms with Crippen LogP contribution in [0.4, 0.5) is 4.39 Å². The number of halogens is 1. The average molecular weight is 222 g/mol. The minimum Gasteiger partial charge on any atom is -0.308 e. The van der Waals surface area contributed by atoms with Gasteiger partial charge in [0.05, 0.1) is 5.69 Å². The number of hydrogen-bond acceptors (Lipinski definition) is 2. The van der Waals surface area contributed by atoms with Crippen LogP contribution < -0.4 is 5.32 Å². The summed E-state index contributed by atoms with van der Waals surface area (Å²) in [5.41, 5.74) is 0.529. The van der Waals surface area contributed by atoms with E-state index in [1.54, 1.807) is 12.3 Å². The molecule has 0 aromatic carbocycles. The molecular weight excluding hydrogens is 203 g/mol. The Bertz CT molecular complexity index is 332. The molecule has 1 aromatic rings. The van der Waals surface area contributed by atoms with Gasteiger partial charge in [0.1, 0.15) is 5.82 Å². The molecule has 0 saturated heterocycles. The molecule has 0 amide bonds. The van der Waals surface area contributed by atoms with Gasteiger partial charge < -0.3 is 5.32 Å². The number of nitrogens with zero attached hydrogens (tertiary/aromatic N) is 1. The number of rotatable bonds is 3. The van der Waals surface area contributed by atoms with E-state index >= 15 is 0 Å². The summed E-state index contributed by atoms with van der Waals surface area (Å²) in [5.74, 6) is 0.642. The third kappa shape index (κ3) is 3.01. The third-order valence-electron chi connectivity index (χ3n) is 3.41. The Balaban J connectivity index is 1.81. The van der Waals surface area contributed by atoms with E-state index in [1.807, 2.05) is 0 Å². The Morgan fingerprint density at radius 1 is 1.38 bits per heavy atom. The smallest absolute Gasteiger partial charge is 0.146 e. The van der Waals surface area contributed by atoms with E-state index in [1.165, 1.54) is 31.7 Å². The van der Waals surface area contributed by atoms with Crippen molar-refractivity contribution in [2.45, 2.75) is 45.2 Å². The van der Waals surface area contributed by atoms with Crippen molar-refractivity contribution in [1.29, 1.82) is 0 Å². The average Bonchev–Trinajstić information content (AvgIpc) is 2.30. The highest BCUT2D eigenvalue weighted by Crippen LogP contribution is 2.23. The first-order chi connectivity index (χ1) is 7.75. The Morgan fingerprint density at radius 2 is 2.12 bits per heavy atom. The van der Waals surface area contributed by atoms with Crippen LogP contribution in [-0.2, 0) is 6.54 Å². The number of nitrogens with one attached hydrogen (secondary N) is 1. The predicted octanol–water partition coefficient (Wildman–Crippen LogP) is 2.89. The molecule has 1 fully saturated rings. The summed E-state index contributed by atoms with van der Waals surface area (Å²) >= 11 is 0. The summed E-state index contributed by atoms with van der Waals surface area (Å²) in [6.45, 7) is 2.85. The topological polar surface area (TPSA) is 24.9 Å². The van der Waals surface area contributed by atoms with E-state index < -0.39 is 0 Å². The predicted molar refractivity (Wildman–Crippen MR) is 62.5 cm³/mol. The van der Waals surface area contributed by atoms with Crippen molar-refractivity contribution in [3.05, 3.63) is 29.8 Å². The molecular formula is C13H19FN2. The highest BCUT2D eigenvalue weighted by atomic mass is 19.1. The number of pyridine rings is 1. The number of hydrogen-bond donors (Lipinski definition) is 1. The van der Waals surface area contributed by atoms with Crippen molar-refractivity contribution in [3.63, 3.8) is 0 Å². The van der Waals surface area contributed by atoms with Gasteiger partial charge in [-0.3, -0.25) is 4.98 Å². The molecule has 0 aliphatic heterocycles. The van der Waals surface area contributed by atoms with Crippen molar-refractivity contribution >= 4 is 0 Å². The van der Waals surface area contributed by atoms with Gasteiger partial charge in [0, 0.05) is 18.8 Å². The van der Waals surface area contributed by atoms with Crippen LogP contribution >= 0.6 is 0 Å². The van der Waals surface area contributed by atoms with Crippen LogP contribution in [0.3, 0.4) is 0 Å². The lowest BCUT2D eigenvalue weighted by Crippen LogP contribution is -2.32. The van der Waals surface area contributed by atoms with Crippen molar-refractivity contribution < 1.29 is 4.39 Å². The van der Waals surface area contributed by atoms with Gasteiger partial charge in [-0.15, -0.1) is 0 Å². The summed E-state index contributed by atoms with van der Waals surface area (Å²) < 4.78 is 13.3. The Morgan fingerprint density at radius 3 is 2.81 bits per heavy atom. The minimum atomic E-state index is -0.209. The van der Waals surface area contributed by atoms with Crippen molar-refractivity contribution in [1.82, 2.24) is 10.3 Å². The lowest BCUT2D eigenvalue weighted by molar-refractivity contribution is 0.304. The third-order valence-corrected chi connectivity index (χ3v) is 3.41. The first kappa shape index (κ1) is 11.5. The maximum atomic E-state index is 13.3. The van der Waals surface area contributed by atoms with Crippen LogP contribution in [0.25, 0.3) is 0 Å². The standard InChI is InChI=1S/C13H19FN2/c1-10-4-6-11(7-5-10)16-9-13-12(14)3-2-8-15-13/h2-3,8,10-11,16H,4-7,9H2,1H3. The molecule has 0 bridgehead atoms. The molecule has 1 saturated carbocycles. The van der Waals surface area contributed by atoms with Gasteiger partial charge in [0.15, 0.2) is 0 Å². The first-order valence-corrected chi connectivity index (χ1v) is 6.08. The fourth-order valence-corrected chi connectivity index (χ4v) is 2.25. The fraction of sp³-hybridized carbons (Fsp3) is 0.615. The molecule has 0 atom stereocenters. The van der Waals surface area contributed by atoms with Gasteiger partial charge in [-0.1, -0.05) is 6.92 Å². The van der Waals surface area contributed by atoms with Crippen molar-refractivity contribution in [2.24, 2.45) is 5.92 Å². The Hall–Kier alpha value is -0.960. The second kappa shape index (κ2) is 5.39. The lowest BCUT2D eigenvalue weighted by atomic mass is 9.87. The van der Waals surface area contributed by atoms with Crippen molar-refractivity contribution in [2.75, 3.05) is 0 Å². The first-order valence-electron chi connectivity index (χ1n) is 6.08. The van der Waals surface area contributed by atoms with Gasteiger partial charge >= 0.3 is 0 Å². The van der Waals surface area contributed by atoms with Crippen LogP contribution in [0, 0.1) is 11.7 Å². The zero-order valence-electron chi connectivity index (χ0n) is 9.75. The summed E-state index contributed by atoms with van der Waals surface area (Å²) in [4.78, 5) is 4.04. The molecule has 88 valence electrons. The summed E-state index contributed by atoms with van der Waals surface area (Å²) in [6, 6.07) is 3.63. The van der Waals surface area contributed by atoms with E-state index in [0.717, 1.165) is 5.92 Å². The largest absolute Gasteiger partial charge is 0.308 e. The molecule has 0 radical (unpaired) electrons. The zero-order chi connectivity index (χ0) is 11.4. The molecule has 0 unspecified atom stereocenters. The summed E-state index contributed by atoms with van der Waals surface area (Å²) in [5, 5.41) is 3.40. The van der Waals surface area contributed by atoms with Gasteiger partial charge in [0.2, 0.25) is 0 Å². The normalized spacial score (nSPS) is 25.6. The molecule has 1 aromatic heterocycles. The van der Waals surface area contributed by atoms with E-state index in [2.05, 4.69) is 17.2 Å². The van der Waals surface area contributed by atoms with Gasteiger partial charge in [-0.2, -0.15) is 0 Å². The maximum absolute atomic E-state index is 13.3. The van der Waals surface area contributed by atoms with E-state index in [9.17, 15) is 4.39 Å². The molecule has 3 heteroatoms. The minimum absolute atomic E-state index is 0.209. The van der Waals surface area contributed by atoms with E-state index in [-0.39, 0.29) is 5.82 Å². The fourth-order valence-electron chi connectivity index (χ4n) is 2.25. The van der Waals surface area contributed by atoms with Crippen LogP contribution in [-0.4, -0.2) is 11.0 Å². The Kier molecular flexibility index (Phi) is 3.88. The number of aromatic nitrogens is 1. The zero-order valence-corrected chi connectivity index (χ0v) is 9.75. The second-order valence-corrected chi connectivity index (χ2v) is 4.77. The SMILES string of the molecule is CC1CCC(NCc2ncccc2F)CC1. The monoisotopic (exact) mass is 222 g/mol. The Labute approximate surface area is 96.3 Å². The molecule has 1 heterocycles. The van der Waals surface area contributed by atoms with Crippen LogP contribution in [0.1, 0.15) is 38.3 Å². The molecule has 2 rings (SSSR count). The maximum Gasteiger partial charge on any atom is 0.146 e. The molecule has 2 nitrogen and oxygen atoms in total. The summed E-state index contributed by atoms with van der Waals surface area (Å²) in [7, 11) is 0. The van der Waals surface area contributed by atoms with Crippen LogP contribution in [0.2, 0.25) is 0 Å². The van der Waals surface area contributed by atoms with Crippen molar-refractivity contribution in [3.8, 4) is 0 Å². The van der Waals surface area contributed by atoms with E-state index in [0.29, 0.717) is 18.3 Å². The van der Waals surface area contributed by atoms with E-state index in [4.69, 9.17) is 0 Å². The van der Waals surface area contributed by atoms with Gasteiger partial charge in [-0.05, 0) is 43.7 Å². The van der Waals surface area contributed by atoms with Gasteiger partial charge in [0.25, 0.3) is 0 Å². The lowest BCUT2D eigenvalue weighted by Gasteiger charge is -2.26. The molecule has 0 spiro atoms. The molecule has 16 heavy (non-hydrogen) atoms. The highest BCUT2D eigenvalue weighted by molar-refractivity contribution is 5.06. The van der Waals surface area contributed by atoms with Crippen LogP contribution in [0.15, 0.2) is 18.3 Å². The summed E-state index contributed by atoms with van der Waals surface area (Å²) in [6.07, 6.45) is 6.61. The molecule has 1 N–H and O–H groups in total. The van der Waals surface area contributed by atoms with Crippen LogP contribution in [0.5, 0.6) is 0 Å². The van der Waals surface area contributed by atoms with Gasteiger partial charge in [-0.25, -0.2) is 4.39 Å². The molecule has 1 aliphatic carbocycles. The quantitative estimate of drug-likeness (QED) is 0.850. The highest BCUT2D eigenvalue weighted by Gasteiger charge is 2.17.